The molecule has 1 saturated heterocycles. The van der Waals surface area contributed by atoms with E-state index in [4.69, 9.17) is 4.74 Å². The van der Waals surface area contributed by atoms with Crippen LogP contribution < -0.4 is 10.6 Å². The van der Waals surface area contributed by atoms with Gasteiger partial charge in [0.05, 0.1) is 24.2 Å². The van der Waals surface area contributed by atoms with Gasteiger partial charge < -0.3 is 20.3 Å². The molecule has 3 rings (SSSR count). The molecule has 1 aromatic carbocycles. The Morgan fingerprint density at radius 2 is 2.03 bits per heavy atom. The molecule has 2 aromatic rings. The Bertz CT molecular complexity index is 922. The smallest absolute Gasteiger partial charge is 0.410 e. The molecule has 166 valence electrons. The maximum atomic E-state index is 15.0. The van der Waals surface area contributed by atoms with E-state index < -0.39 is 11.8 Å². The van der Waals surface area contributed by atoms with Crippen molar-refractivity contribution in [2.75, 3.05) is 36.9 Å². The molecule has 8 nitrogen and oxygen atoms in total. The van der Waals surface area contributed by atoms with E-state index in [1.807, 2.05) is 13.8 Å². The summed E-state index contributed by atoms with van der Waals surface area (Å²) in [7, 11) is 0. The van der Waals surface area contributed by atoms with Crippen LogP contribution in [0.15, 0.2) is 36.5 Å². The second kappa shape index (κ2) is 10.2. The Labute approximate surface area is 181 Å². The fraction of sp³-hybridized carbons (Fsp3) is 0.409. The number of amides is 3. The van der Waals surface area contributed by atoms with E-state index in [0.717, 1.165) is 5.69 Å². The zero-order valence-electron chi connectivity index (χ0n) is 18.0. The van der Waals surface area contributed by atoms with Crippen molar-refractivity contribution in [3.8, 4) is 0 Å². The zero-order valence-corrected chi connectivity index (χ0v) is 18.0. The standard InChI is InChI=1S/C22H28FN5O3/c1-4-31-22(30)28-11-10-27(13-16(28)3)14-17-6-5-7-19(20(17)23)26-21(29)25-18-9-8-15(2)24-12-18/h5-9,12,16H,4,10-11,13-14H2,1-3H3,(H2,25,26,29)/t16-/m0/s1. The van der Waals surface area contributed by atoms with Crippen LogP contribution in [-0.2, 0) is 11.3 Å². The van der Waals surface area contributed by atoms with Gasteiger partial charge in [0, 0.05) is 43.5 Å². The predicted molar refractivity (Wildman–Crippen MR) is 116 cm³/mol. The number of benzene rings is 1. The molecule has 0 bridgehead atoms. The highest BCUT2D eigenvalue weighted by molar-refractivity contribution is 5.99. The van der Waals surface area contributed by atoms with E-state index in [1.54, 1.807) is 42.3 Å². The number of halogens is 1. The molecular weight excluding hydrogens is 401 g/mol. The number of hydrogen-bond acceptors (Lipinski definition) is 5. The highest BCUT2D eigenvalue weighted by Crippen LogP contribution is 2.22. The van der Waals surface area contributed by atoms with Gasteiger partial charge in [-0.15, -0.1) is 0 Å². The van der Waals surface area contributed by atoms with Crippen LogP contribution in [0.4, 0.5) is 25.4 Å². The van der Waals surface area contributed by atoms with Crippen molar-refractivity contribution in [3.05, 3.63) is 53.6 Å². The Balaban J connectivity index is 1.60. The van der Waals surface area contributed by atoms with Crippen LogP contribution >= 0.6 is 0 Å². The van der Waals surface area contributed by atoms with Crippen LogP contribution in [0, 0.1) is 12.7 Å². The monoisotopic (exact) mass is 429 g/mol. The Morgan fingerprint density at radius 3 is 2.71 bits per heavy atom. The number of ether oxygens (including phenoxy) is 1. The molecule has 0 aliphatic carbocycles. The zero-order chi connectivity index (χ0) is 22.4. The summed E-state index contributed by atoms with van der Waals surface area (Å²) >= 11 is 0. The summed E-state index contributed by atoms with van der Waals surface area (Å²) in [4.78, 5) is 32.1. The van der Waals surface area contributed by atoms with Gasteiger partial charge in [-0.25, -0.2) is 14.0 Å². The fourth-order valence-electron chi connectivity index (χ4n) is 3.52. The third kappa shape index (κ3) is 5.91. The molecule has 0 radical (unpaired) electrons. The largest absolute Gasteiger partial charge is 0.450 e. The van der Waals surface area contributed by atoms with E-state index in [2.05, 4.69) is 20.5 Å². The topological polar surface area (TPSA) is 86.8 Å². The number of carbonyl (C=O) groups excluding carboxylic acids is 2. The maximum absolute atomic E-state index is 15.0. The lowest BCUT2D eigenvalue weighted by atomic mass is 10.1. The first kappa shape index (κ1) is 22.5. The second-order valence-electron chi connectivity index (χ2n) is 7.52. The minimum atomic E-state index is -0.543. The number of pyridine rings is 1. The van der Waals surface area contributed by atoms with Gasteiger partial charge in [-0.3, -0.25) is 9.88 Å². The normalized spacial score (nSPS) is 16.6. The molecule has 0 unspecified atom stereocenters. The van der Waals surface area contributed by atoms with Gasteiger partial charge in [0.15, 0.2) is 5.82 Å². The van der Waals surface area contributed by atoms with E-state index in [0.29, 0.717) is 44.0 Å². The predicted octanol–water partition coefficient (Wildman–Crippen LogP) is 3.84. The lowest BCUT2D eigenvalue weighted by Gasteiger charge is -2.39. The SMILES string of the molecule is CCOC(=O)N1CCN(Cc2cccc(NC(=O)Nc3ccc(C)nc3)c2F)C[C@@H]1C. The first-order valence-electron chi connectivity index (χ1n) is 10.3. The molecule has 1 aliphatic rings. The number of nitrogens with one attached hydrogen (secondary N) is 2. The summed E-state index contributed by atoms with van der Waals surface area (Å²) in [5.74, 6) is -0.472. The average Bonchev–Trinajstić information content (AvgIpc) is 2.73. The van der Waals surface area contributed by atoms with Crippen molar-refractivity contribution in [2.24, 2.45) is 0 Å². The number of aryl methyl sites for hydroxylation is 1. The van der Waals surface area contributed by atoms with Gasteiger partial charge >= 0.3 is 12.1 Å². The van der Waals surface area contributed by atoms with E-state index in [9.17, 15) is 9.59 Å². The Morgan fingerprint density at radius 1 is 1.23 bits per heavy atom. The Kier molecular flexibility index (Phi) is 7.41. The lowest BCUT2D eigenvalue weighted by Crippen LogP contribution is -2.53. The summed E-state index contributed by atoms with van der Waals surface area (Å²) in [6, 6.07) is 7.85. The molecule has 1 atom stereocenters. The number of nitrogens with zero attached hydrogens (tertiary/aromatic N) is 3. The number of piperazine rings is 1. The number of hydrogen-bond donors (Lipinski definition) is 2. The molecule has 3 amide bonds. The minimum Gasteiger partial charge on any atom is -0.450 e. The van der Waals surface area contributed by atoms with Crippen LogP contribution in [0.1, 0.15) is 25.1 Å². The highest BCUT2D eigenvalue weighted by atomic mass is 19.1. The summed E-state index contributed by atoms with van der Waals surface area (Å²) in [5, 5.41) is 5.19. The molecule has 31 heavy (non-hydrogen) atoms. The third-order valence-corrected chi connectivity index (χ3v) is 5.10. The van der Waals surface area contributed by atoms with Crippen molar-refractivity contribution < 1.29 is 18.7 Å². The van der Waals surface area contributed by atoms with Crippen LogP contribution in [0.25, 0.3) is 0 Å². The molecule has 1 fully saturated rings. The second-order valence-corrected chi connectivity index (χ2v) is 7.52. The Hall–Kier alpha value is -3.20. The molecule has 9 heteroatoms. The van der Waals surface area contributed by atoms with Crippen molar-refractivity contribution in [1.29, 1.82) is 0 Å². The third-order valence-electron chi connectivity index (χ3n) is 5.10. The van der Waals surface area contributed by atoms with Gasteiger partial charge in [-0.2, -0.15) is 0 Å². The quantitative estimate of drug-likeness (QED) is 0.754. The van der Waals surface area contributed by atoms with Gasteiger partial charge in [0.2, 0.25) is 0 Å². The summed E-state index contributed by atoms with van der Waals surface area (Å²) in [5.41, 5.74) is 1.94. The van der Waals surface area contributed by atoms with Crippen molar-refractivity contribution in [1.82, 2.24) is 14.8 Å². The van der Waals surface area contributed by atoms with E-state index >= 15 is 4.39 Å². The average molecular weight is 429 g/mol. The molecule has 0 spiro atoms. The first-order valence-corrected chi connectivity index (χ1v) is 10.3. The van der Waals surface area contributed by atoms with Gasteiger partial charge in [0.25, 0.3) is 0 Å². The molecule has 1 aromatic heterocycles. The molecule has 2 heterocycles. The summed E-state index contributed by atoms with van der Waals surface area (Å²) < 4.78 is 20.1. The first-order chi connectivity index (χ1) is 14.9. The van der Waals surface area contributed by atoms with Crippen LogP contribution in [0.5, 0.6) is 0 Å². The maximum Gasteiger partial charge on any atom is 0.410 e. The van der Waals surface area contributed by atoms with Gasteiger partial charge in [-0.1, -0.05) is 12.1 Å². The van der Waals surface area contributed by atoms with Crippen molar-refractivity contribution in [2.45, 2.75) is 33.4 Å². The number of aromatic nitrogens is 1. The number of carbonyl (C=O) groups is 2. The minimum absolute atomic E-state index is 0.0361. The van der Waals surface area contributed by atoms with E-state index in [1.165, 1.54) is 6.07 Å². The number of rotatable bonds is 5. The fourth-order valence-corrected chi connectivity index (χ4v) is 3.52. The van der Waals surface area contributed by atoms with E-state index in [-0.39, 0.29) is 17.8 Å². The summed E-state index contributed by atoms with van der Waals surface area (Å²) in [6.45, 7) is 8.03. The van der Waals surface area contributed by atoms with Crippen LogP contribution in [-0.4, -0.2) is 59.2 Å². The molecule has 2 N–H and O–H groups in total. The summed E-state index contributed by atoms with van der Waals surface area (Å²) in [6.07, 6.45) is 1.22. The molecule has 0 saturated carbocycles. The van der Waals surface area contributed by atoms with Crippen molar-refractivity contribution in [3.63, 3.8) is 0 Å². The highest BCUT2D eigenvalue weighted by Gasteiger charge is 2.28. The van der Waals surface area contributed by atoms with Crippen LogP contribution in [0.2, 0.25) is 0 Å². The van der Waals surface area contributed by atoms with Gasteiger partial charge in [0.1, 0.15) is 0 Å². The molecular formula is C22H28FN5O3. The lowest BCUT2D eigenvalue weighted by molar-refractivity contribution is 0.0516. The number of urea groups is 1. The number of anilines is 2. The van der Waals surface area contributed by atoms with Crippen LogP contribution in [0.3, 0.4) is 0 Å². The molecule has 1 aliphatic heterocycles. The van der Waals surface area contributed by atoms with Gasteiger partial charge in [-0.05, 0) is 39.0 Å². The van der Waals surface area contributed by atoms with Crippen molar-refractivity contribution >= 4 is 23.5 Å².